The molecule has 1 aromatic rings. The van der Waals surface area contributed by atoms with E-state index in [0.717, 1.165) is 18.4 Å². The first-order chi connectivity index (χ1) is 10.9. The van der Waals surface area contributed by atoms with Gasteiger partial charge in [-0.25, -0.2) is 4.79 Å². The zero-order chi connectivity index (χ0) is 16.9. The Bertz CT molecular complexity index is 547. The number of ether oxygens (including phenoxy) is 2. The Morgan fingerprint density at radius 1 is 1.26 bits per heavy atom. The first kappa shape index (κ1) is 17.8. The minimum atomic E-state index is -0.916. The van der Waals surface area contributed by atoms with Crippen molar-refractivity contribution in [2.75, 3.05) is 6.61 Å². The molecule has 2 rings (SSSR count). The van der Waals surface area contributed by atoms with Crippen LogP contribution in [0.25, 0.3) is 0 Å². The summed E-state index contributed by atoms with van der Waals surface area (Å²) in [6.45, 7) is 6.26. The van der Waals surface area contributed by atoms with Crippen LogP contribution in [0.2, 0.25) is 0 Å². The van der Waals surface area contributed by atoms with Gasteiger partial charge in [-0.3, -0.25) is 10.1 Å². The Hall–Kier alpha value is -1.53. The molecule has 2 unspecified atom stereocenters. The van der Waals surface area contributed by atoms with E-state index in [1.165, 1.54) is 11.8 Å². The average molecular weight is 337 g/mol. The second-order valence-corrected chi connectivity index (χ2v) is 7.72. The van der Waals surface area contributed by atoms with Crippen molar-refractivity contribution in [1.29, 1.82) is 0 Å². The Labute approximate surface area is 141 Å². The summed E-state index contributed by atoms with van der Waals surface area (Å²) in [6.07, 6.45) is 0.747. The third kappa shape index (κ3) is 4.97. The number of carbonyl (C=O) groups excluding carboxylic acids is 2. The molecule has 1 N–H and O–H groups in total. The first-order valence-electron chi connectivity index (χ1n) is 7.82. The van der Waals surface area contributed by atoms with Gasteiger partial charge in [0.15, 0.2) is 0 Å². The summed E-state index contributed by atoms with van der Waals surface area (Å²) >= 11 is 1.46. The van der Waals surface area contributed by atoms with E-state index in [1.807, 2.05) is 51.1 Å². The minimum Gasteiger partial charge on any atom is -0.434 e. The van der Waals surface area contributed by atoms with Gasteiger partial charge in [0, 0.05) is 0 Å². The summed E-state index contributed by atoms with van der Waals surface area (Å²) < 4.78 is 9.76. The van der Waals surface area contributed by atoms with E-state index < -0.39 is 17.4 Å². The molecule has 1 saturated heterocycles. The molecule has 6 heteroatoms. The van der Waals surface area contributed by atoms with Gasteiger partial charge in [0.25, 0.3) is 0 Å². The number of thioether (sulfide) groups is 1. The molecule has 1 aliphatic heterocycles. The average Bonchev–Trinajstić information content (AvgIpc) is 2.84. The molecule has 0 bridgehead atoms. The SMILES string of the molecule is CCCCOC(=O)OC(=O)C1SC(C)(C)NC1c1ccccc1. The van der Waals surface area contributed by atoms with Gasteiger partial charge in [-0.1, -0.05) is 43.7 Å². The number of unbranched alkanes of at least 4 members (excludes halogenated alkanes) is 1. The first-order valence-corrected chi connectivity index (χ1v) is 8.70. The number of nitrogens with one attached hydrogen (secondary N) is 1. The fraction of sp³-hybridized carbons (Fsp3) is 0.529. The lowest BCUT2D eigenvalue weighted by Gasteiger charge is -2.19. The van der Waals surface area contributed by atoms with Crippen molar-refractivity contribution < 1.29 is 19.1 Å². The predicted octanol–water partition coefficient (Wildman–Crippen LogP) is 3.65. The van der Waals surface area contributed by atoms with Crippen LogP contribution >= 0.6 is 11.8 Å². The molecule has 0 radical (unpaired) electrons. The Balaban J connectivity index is 2.03. The molecule has 2 atom stereocenters. The molecule has 1 heterocycles. The predicted molar refractivity (Wildman–Crippen MR) is 90.1 cm³/mol. The van der Waals surface area contributed by atoms with Gasteiger partial charge < -0.3 is 9.47 Å². The summed E-state index contributed by atoms with van der Waals surface area (Å²) in [4.78, 5) is 23.7. The van der Waals surface area contributed by atoms with Crippen molar-refractivity contribution >= 4 is 23.9 Å². The fourth-order valence-corrected chi connectivity index (χ4v) is 3.78. The zero-order valence-corrected chi connectivity index (χ0v) is 14.5. The van der Waals surface area contributed by atoms with Crippen LogP contribution in [0.3, 0.4) is 0 Å². The highest BCUT2D eigenvalue weighted by molar-refractivity contribution is 8.02. The summed E-state index contributed by atoms with van der Waals surface area (Å²) in [5.41, 5.74) is 0.992. The van der Waals surface area contributed by atoms with Crippen LogP contribution in [0.4, 0.5) is 4.79 Å². The molecule has 126 valence electrons. The molecule has 23 heavy (non-hydrogen) atoms. The summed E-state index contributed by atoms with van der Waals surface area (Å²) in [5.74, 6) is -0.566. The van der Waals surface area contributed by atoms with Crippen molar-refractivity contribution in [3.05, 3.63) is 35.9 Å². The third-order valence-electron chi connectivity index (χ3n) is 3.52. The van der Waals surface area contributed by atoms with Gasteiger partial charge in [0.1, 0.15) is 5.25 Å². The number of carbonyl (C=O) groups is 2. The molecule has 5 nitrogen and oxygen atoms in total. The van der Waals surface area contributed by atoms with Gasteiger partial charge in [-0.05, 0) is 25.8 Å². The standard InChI is InChI=1S/C17H23NO4S/c1-4-5-11-21-16(20)22-15(19)14-13(18-17(2,3)23-14)12-9-7-6-8-10-12/h6-10,13-14,18H,4-5,11H2,1-3H3. The Morgan fingerprint density at radius 3 is 2.61 bits per heavy atom. The van der Waals surface area contributed by atoms with E-state index in [2.05, 4.69) is 5.32 Å². The topological polar surface area (TPSA) is 64.6 Å². The Morgan fingerprint density at radius 2 is 1.96 bits per heavy atom. The Kier molecular flexibility index (Phi) is 6.07. The maximum absolute atomic E-state index is 12.4. The van der Waals surface area contributed by atoms with Crippen LogP contribution in [0, 0.1) is 0 Å². The maximum Gasteiger partial charge on any atom is 0.516 e. The quantitative estimate of drug-likeness (QED) is 0.503. The molecule has 0 spiro atoms. The molecule has 1 aromatic carbocycles. The highest BCUT2D eigenvalue weighted by atomic mass is 32.2. The second kappa shape index (κ2) is 7.84. The molecule has 1 fully saturated rings. The van der Waals surface area contributed by atoms with Crippen LogP contribution in [-0.2, 0) is 14.3 Å². The number of esters is 1. The molecular formula is C17H23NO4S. The van der Waals surface area contributed by atoms with Crippen molar-refractivity contribution in [1.82, 2.24) is 5.32 Å². The summed E-state index contributed by atoms with van der Waals surface area (Å²) in [7, 11) is 0. The van der Waals surface area contributed by atoms with E-state index in [-0.39, 0.29) is 17.5 Å². The van der Waals surface area contributed by atoms with Crippen LogP contribution in [-0.4, -0.2) is 28.9 Å². The van der Waals surface area contributed by atoms with E-state index >= 15 is 0 Å². The molecule has 0 amide bonds. The smallest absolute Gasteiger partial charge is 0.434 e. The monoisotopic (exact) mass is 337 g/mol. The summed E-state index contributed by atoms with van der Waals surface area (Å²) in [5, 5.41) is 2.92. The fourth-order valence-electron chi connectivity index (χ4n) is 2.44. The summed E-state index contributed by atoms with van der Waals surface area (Å²) in [6, 6.07) is 9.49. The highest BCUT2D eigenvalue weighted by Crippen LogP contribution is 2.43. The van der Waals surface area contributed by atoms with Crippen molar-refractivity contribution in [3.8, 4) is 0 Å². The highest BCUT2D eigenvalue weighted by Gasteiger charge is 2.45. The normalized spacial score (nSPS) is 22.6. The number of hydrogen-bond acceptors (Lipinski definition) is 6. The molecule has 0 aromatic heterocycles. The zero-order valence-electron chi connectivity index (χ0n) is 13.7. The van der Waals surface area contributed by atoms with Crippen LogP contribution < -0.4 is 5.32 Å². The molecular weight excluding hydrogens is 314 g/mol. The maximum atomic E-state index is 12.4. The van der Waals surface area contributed by atoms with Gasteiger partial charge in [0.05, 0.1) is 17.5 Å². The van der Waals surface area contributed by atoms with Crippen molar-refractivity contribution in [2.45, 2.75) is 49.8 Å². The number of benzene rings is 1. The lowest BCUT2D eigenvalue weighted by Crippen LogP contribution is -2.34. The number of hydrogen-bond donors (Lipinski definition) is 1. The third-order valence-corrected chi connectivity index (χ3v) is 4.95. The van der Waals surface area contributed by atoms with E-state index in [9.17, 15) is 9.59 Å². The largest absolute Gasteiger partial charge is 0.516 e. The van der Waals surface area contributed by atoms with E-state index in [4.69, 9.17) is 9.47 Å². The van der Waals surface area contributed by atoms with Crippen LogP contribution in [0.15, 0.2) is 30.3 Å². The van der Waals surface area contributed by atoms with E-state index in [1.54, 1.807) is 0 Å². The molecule has 0 saturated carbocycles. The van der Waals surface area contributed by atoms with Gasteiger partial charge in [0.2, 0.25) is 0 Å². The minimum absolute atomic E-state index is 0.202. The van der Waals surface area contributed by atoms with Gasteiger partial charge >= 0.3 is 12.1 Å². The molecule has 0 aliphatic carbocycles. The van der Waals surface area contributed by atoms with E-state index in [0.29, 0.717) is 0 Å². The second-order valence-electron chi connectivity index (χ2n) is 5.95. The van der Waals surface area contributed by atoms with Gasteiger partial charge in [-0.15, -0.1) is 11.8 Å². The van der Waals surface area contributed by atoms with Crippen LogP contribution in [0.5, 0.6) is 0 Å². The van der Waals surface area contributed by atoms with Crippen molar-refractivity contribution in [3.63, 3.8) is 0 Å². The lowest BCUT2D eigenvalue weighted by atomic mass is 10.0. The van der Waals surface area contributed by atoms with Crippen molar-refractivity contribution in [2.24, 2.45) is 0 Å². The lowest BCUT2D eigenvalue weighted by molar-refractivity contribution is -0.139. The van der Waals surface area contributed by atoms with Crippen LogP contribution in [0.1, 0.15) is 45.2 Å². The molecule has 1 aliphatic rings. The number of rotatable bonds is 5. The van der Waals surface area contributed by atoms with Gasteiger partial charge in [-0.2, -0.15) is 0 Å².